The lowest BCUT2D eigenvalue weighted by molar-refractivity contribution is 0.326. The molecule has 31 heavy (non-hydrogen) atoms. The van der Waals surface area contributed by atoms with Crippen molar-refractivity contribution < 1.29 is 10.2 Å². The molecule has 3 aliphatic carbocycles. The second kappa shape index (κ2) is 5.40. The molecule has 1 saturated heterocycles. The molecule has 1 aromatic heterocycles. The molecule has 0 bridgehead atoms. The van der Waals surface area contributed by atoms with Gasteiger partial charge in [-0.3, -0.25) is 0 Å². The van der Waals surface area contributed by atoms with Gasteiger partial charge in [0.05, 0.1) is 9.40 Å². The van der Waals surface area contributed by atoms with Crippen LogP contribution in [0.5, 0.6) is 11.5 Å². The zero-order valence-corrected chi connectivity index (χ0v) is 18.4. The first-order valence-corrected chi connectivity index (χ1v) is 12.6. The van der Waals surface area contributed by atoms with Crippen LogP contribution in [0.15, 0.2) is 48.5 Å². The summed E-state index contributed by atoms with van der Waals surface area (Å²) in [6.07, 6.45) is 2.44. The first-order chi connectivity index (χ1) is 15.2. The normalized spacial score (nSPS) is 26.5. The van der Waals surface area contributed by atoms with E-state index in [1.54, 1.807) is 22.7 Å². The summed E-state index contributed by atoms with van der Waals surface area (Å²) in [5, 5.41) is 23.3. The fourth-order valence-electron chi connectivity index (χ4n) is 7.00. The fourth-order valence-corrected chi connectivity index (χ4v) is 9.68. The maximum atomic E-state index is 11.6. The summed E-state index contributed by atoms with van der Waals surface area (Å²) in [5.74, 6) is 1.04. The van der Waals surface area contributed by atoms with Gasteiger partial charge in [-0.05, 0) is 22.3 Å². The second-order valence-corrected chi connectivity index (χ2v) is 11.5. The summed E-state index contributed by atoms with van der Waals surface area (Å²) in [6.45, 7) is 2.14. The average Bonchev–Trinajstić information content (AvgIpc) is 3.49. The maximum absolute atomic E-state index is 11.6. The van der Waals surface area contributed by atoms with Gasteiger partial charge < -0.3 is 10.2 Å². The standard InChI is InChI=1S/C26H19NO2S2/c28-21-17-18(22(29)24-23(21)30-25(31-24)27-11-5-6-12-27)20-14-8-2-4-10-16(14)26(20)15-9-3-1-7-13(15)19(17)26/h1-4,7-10,19-20H,5-6,11-12H2,(H-,28,29)/p+1/t19-,20+,26?. The summed E-state index contributed by atoms with van der Waals surface area (Å²) in [6, 6.07) is 17.3. The van der Waals surface area contributed by atoms with E-state index in [1.165, 1.54) is 39.1 Å². The highest BCUT2D eigenvalue weighted by atomic mass is 32.2. The van der Waals surface area contributed by atoms with Gasteiger partial charge in [-0.2, -0.15) is 0 Å². The van der Waals surface area contributed by atoms with E-state index in [9.17, 15) is 10.2 Å². The van der Waals surface area contributed by atoms with Gasteiger partial charge in [0.2, 0.25) is 0 Å². The molecular weight excluding hydrogens is 422 g/mol. The van der Waals surface area contributed by atoms with Crippen LogP contribution in [0.2, 0.25) is 0 Å². The van der Waals surface area contributed by atoms with Crippen molar-refractivity contribution in [3.8, 4) is 11.5 Å². The number of hydrogen-bond donors (Lipinski definition) is 2. The lowest BCUT2D eigenvalue weighted by Gasteiger charge is -2.58. The number of aromatic hydroxyl groups is 2. The predicted octanol–water partition coefficient (Wildman–Crippen LogP) is 4.83. The number of phenols is 2. The Kier molecular flexibility index (Phi) is 2.96. The minimum absolute atomic E-state index is 0.122. The van der Waals surface area contributed by atoms with Crippen molar-refractivity contribution in [2.45, 2.75) is 30.1 Å². The van der Waals surface area contributed by atoms with Gasteiger partial charge >= 0.3 is 3.98 Å². The number of nitrogens with zero attached hydrogens (tertiary/aromatic N) is 1. The van der Waals surface area contributed by atoms with Crippen LogP contribution in [-0.2, 0) is 5.41 Å². The quantitative estimate of drug-likeness (QED) is 0.303. The van der Waals surface area contributed by atoms with Gasteiger partial charge in [0.15, 0.2) is 0 Å². The molecule has 8 rings (SSSR count). The Hall–Kier alpha value is -2.63. The van der Waals surface area contributed by atoms with Crippen molar-refractivity contribution in [3.05, 3.63) is 85.9 Å². The van der Waals surface area contributed by atoms with Gasteiger partial charge in [-0.1, -0.05) is 71.2 Å². The van der Waals surface area contributed by atoms with Crippen molar-refractivity contribution in [2.24, 2.45) is 0 Å². The van der Waals surface area contributed by atoms with Gasteiger partial charge in [-0.15, -0.1) is 0 Å². The number of fused-ring (bicyclic) bond motifs is 8. The smallest absolute Gasteiger partial charge is 0.315 e. The van der Waals surface area contributed by atoms with Crippen LogP contribution in [-0.4, -0.2) is 23.3 Å². The molecule has 1 spiro atoms. The summed E-state index contributed by atoms with van der Waals surface area (Å²) in [5.41, 5.74) is 7.13. The van der Waals surface area contributed by atoms with E-state index in [4.69, 9.17) is 0 Å². The number of phenolic OH excluding ortho intramolecular Hbond substituents is 2. The molecule has 3 nitrogen and oxygen atoms in total. The third-order valence-electron chi connectivity index (χ3n) is 8.10. The van der Waals surface area contributed by atoms with Crippen LogP contribution in [0.3, 0.4) is 0 Å². The molecule has 152 valence electrons. The largest absolute Gasteiger partial charge is 0.506 e. The Morgan fingerprint density at radius 2 is 1.23 bits per heavy atom. The van der Waals surface area contributed by atoms with Crippen LogP contribution < -0.4 is 8.56 Å². The van der Waals surface area contributed by atoms with Crippen LogP contribution in [0.1, 0.15) is 58.1 Å². The summed E-state index contributed by atoms with van der Waals surface area (Å²) in [7, 11) is 0. The molecule has 1 aliphatic heterocycles. The molecule has 3 atom stereocenters. The molecule has 1 unspecified atom stereocenters. The predicted molar refractivity (Wildman–Crippen MR) is 125 cm³/mol. The maximum Gasteiger partial charge on any atom is 0.315 e. The van der Waals surface area contributed by atoms with Crippen molar-refractivity contribution in [2.75, 3.05) is 13.1 Å². The average molecular weight is 443 g/mol. The van der Waals surface area contributed by atoms with E-state index in [-0.39, 0.29) is 17.3 Å². The van der Waals surface area contributed by atoms with Crippen molar-refractivity contribution in [1.82, 2.24) is 4.58 Å². The van der Waals surface area contributed by atoms with Gasteiger partial charge in [0, 0.05) is 41.2 Å². The lowest BCUT2D eigenvalue weighted by atomic mass is 9.43. The molecule has 4 aliphatic rings. The fraction of sp³-hybridized carbons (Fsp3) is 0.269. The SMILES string of the molecule is Oc1c2c(c(O)c3sc(=[N+]4CCCC4)sc13)[C@@H]1c3ccccc3C13c1ccccc1[C@H]23. The Morgan fingerprint density at radius 1 is 0.742 bits per heavy atom. The van der Waals surface area contributed by atoms with E-state index in [0.717, 1.165) is 33.6 Å². The van der Waals surface area contributed by atoms with Gasteiger partial charge in [0.25, 0.3) is 0 Å². The van der Waals surface area contributed by atoms with E-state index in [2.05, 4.69) is 53.1 Å². The molecule has 1 fully saturated rings. The molecule has 3 aromatic carbocycles. The minimum Gasteiger partial charge on any atom is -0.506 e. The van der Waals surface area contributed by atoms with Gasteiger partial charge in [0.1, 0.15) is 24.6 Å². The molecule has 4 aromatic rings. The van der Waals surface area contributed by atoms with Crippen molar-refractivity contribution >= 4 is 32.1 Å². The Balaban J connectivity index is 1.50. The van der Waals surface area contributed by atoms with E-state index in [0.29, 0.717) is 11.5 Å². The highest BCUT2D eigenvalue weighted by molar-refractivity contribution is 7.36. The summed E-state index contributed by atoms with van der Waals surface area (Å²) < 4.78 is 5.32. The van der Waals surface area contributed by atoms with Crippen LogP contribution >= 0.6 is 22.7 Å². The molecule has 0 radical (unpaired) electrons. The zero-order chi connectivity index (χ0) is 20.5. The first kappa shape index (κ1) is 17.0. The van der Waals surface area contributed by atoms with Gasteiger partial charge in [-0.25, -0.2) is 4.58 Å². The van der Waals surface area contributed by atoms with Crippen LogP contribution in [0.4, 0.5) is 0 Å². The lowest BCUT2D eigenvalue weighted by Crippen LogP contribution is -2.52. The molecule has 2 N–H and O–H groups in total. The van der Waals surface area contributed by atoms with E-state index < -0.39 is 0 Å². The Morgan fingerprint density at radius 3 is 1.74 bits per heavy atom. The number of benzene rings is 3. The second-order valence-electron chi connectivity index (χ2n) is 9.26. The Bertz CT molecular complexity index is 1430. The highest BCUT2D eigenvalue weighted by Gasteiger charge is 2.70. The summed E-state index contributed by atoms with van der Waals surface area (Å²) >= 11 is 3.30. The first-order valence-electron chi connectivity index (χ1n) is 11.0. The molecule has 5 heteroatoms. The third kappa shape index (κ3) is 1.68. The highest BCUT2D eigenvalue weighted by Crippen LogP contribution is 2.79. The number of hydrogen-bond acceptors (Lipinski definition) is 4. The van der Waals surface area contributed by atoms with Crippen LogP contribution in [0, 0.1) is 0 Å². The van der Waals surface area contributed by atoms with Crippen molar-refractivity contribution in [1.29, 1.82) is 0 Å². The van der Waals surface area contributed by atoms with Crippen LogP contribution in [0.25, 0.3) is 9.40 Å². The topological polar surface area (TPSA) is 43.5 Å². The van der Waals surface area contributed by atoms with Crippen molar-refractivity contribution in [3.63, 3.8) is 0 Å². The van der Waals surface area contributed by atoms with E-state index in [1.807, 2.05) is 0 Å². The molecule has 0 saturated carbocycles. The summed E-state index contributed by atoms with van der Waals surface area (Å²) in [4.78, 5) is 0. The van der Waals surface area contributed by atoms with E-state index >= 15 is 0 Å². The number of rotatable bonds is 0. The zero-order valence-electron chi connectivity index (χ0n) is 16.8. The molecule has 2 heterocycles. The third-order valence-corrected chi connectivity index (χ3v) is 10.8. The molecular formula is C26H20NO2S2+. The minimum atomic E-state index is -0.129. The molecule has 0 amide bonds. The Labute approximate surface area is 187 Å². The monoisotopic (exact) mass is 442 g/mol.